The van der Waals surface area contributed by atoms with Crippen LogP contribution >= 0.6 is 0 Å². The molecule has 0 unspecified atom stereocenters. The van der Waals surface area contributed by atoms with Gasteiger partial charge in [-0.3, -0.25) is 0 Å². The van der Waals surface area contributed by atoms with Crippen LogP contribution in [0.1, 0.15) is 34.4 Å². The molecule has 3 aromatic rings. The number of hydrogen-bond donors (Lipinski definition) is 0. The number of halogens is 1. The maximum absolute atomic E-state index is 13.2. The quantitative estimate of drug-likeness (QED) is 0.653. The van der Waals surface area contributed by atoms with Gasteiger partial charge in [-0.05, 0) is 54.7 Å². The number of anilines is 2. The number of benzene rings is 1. The predicted molar refractivity (Wildman–Crippen MR) is 117 cm³/mol. The van der Waals surface area contributed by atoms with Crippen LogP contribution in [0.25, 0.3) is 0 Å². The molecule has 1 aliphatic carbocycles. The van der Waals surface area contributed by atoms with Crippen LogP contribution in [0.5, 0.6) is 0 Å². The van der Waals surface area contributed by atoms with Crippen molar-refractivity contribution in [2.45, 2.75) is 25.7 Å². The van der Waals surface area contributed by atoms with Gasteiger partial charge in [-0.1, -0.05) is 12.1 Å². The summed E-state index contributed by atoms with van der Waals surface area (Å²) in [7, 11) is 0. The van der Waals surface area contributed by atoms with Gasteiger partial charge in [0.05, 0.1) is 11.3 Å². The Labute approximate surface area is 181 Å². The SMILES string of the molecule is N#Cc1ccc(N2CCN(c3nnc(Cc4ccc(F)cc4)c4c3CCC4)CC2)nc1. The average molecular weight is 414 g/mol. The summed E-state index contributed by atoms with van der Waals surface area (Å²) in [5.41, 5.74) is 5.31. The first-order valence-corrected chi connectivity index (χ1v) is 10.7. The standard InChI is InChI=1S/C24H23FN6/c25-19-7-4-17(5-8-19)14-22-20-2-1-3-21(20)24(29-28-22)31-12-10-30(11-13-31)23-9-6-18(15-26)16-27-23/h4-9,16H,1-3,10-14H2. The molecule has 1 saturated heterocycles. The van der Waals surface area contributed by atoms with Crippen molar-refractivity contribution in [1.29, 1.82) is 5.26 Å². The summed E-state index contributed by atoms with van der Waals surface area (Å²) in [5, 5.41) is 18.2. The average Bonchev–Trinajstić information content (AvgIpc) is 3.32. The molecule has 0 radical (unpaired) electrons. The monoisotopic (exact) mass is 414 g/mol. The smallest absolute Gasteiger partial charge is 0.154 e. The molecule has 2 aromatic heterocycles. The second-order valence-corrected chi connectivity index (χ2v) is 8.08. The van der Waals surface area contributed by atoms with Crippen molar-refractivity contribution in [3.63, 3.8) is 0 Å². The Morgan fingerprint density at radius 2 is 1.65 bits per heavy atom. The van der Waals surface area contributed by atoms with Crippen LogP contribution in [-0.2, 0) is 19.3 Å². The Morgan fingerprint density at radius 1 is 0.903 bits per heavy atom. The van der Waals surface area contributed by atoms with Gasteiger partial charge in [0, 0.05) is 44.4 Å². The number of nitrogens with zero attached hydrogens (tertiary/aromatic N) is 6. The number of nitriles is 1. The number of aromatic nitrogens is 3. The fourth-order valence-electron chi connectivity index (χ4n) is 4.52. The lowest BCUT2D eigenvalue weighted by molar-refractivity contribution is 0.627. The molecule has 0 amide bonds. The number of hydrogen-bond acceptors (Lipinski definition) is 6. The molecular formula is C24H23FN6. The van der Waals surface area contributed by atoms with Gasteiger partial charge in [0.25, 0.3) is 0 Å². The van der Waals surface area contributed by atoms with Crippen molar-refractivity contribution in [2.75, 3.05) is 36.0 Å². The van der Waals surface area contributed by atoms with Crippen LogP contribution in [0.15, 0.2) is 42.6 Å². The number of rotatable bonds is 4. The fourth-order valence-corrected chi connectivity index (χ4v) is 4.52. The molecule has 0 bridgehead atoms. The van der Waals surface area contributed by atoms with Gasteiger partial charge in [-0.15, -0.1) is 5.10 Å². The second kappa shape index (κ2) is 8.31. The Kier molecular flexibility index (Phi) is 5.21. The summed E-state index contributed by atoms with van der Waals surface area (Å²) in [6.07, 6.45) is 5.51. The van der Waals surface area contributed by atoms with E-state index in [-0.39, 0.29) is 5.82 Å². The minimum atomic E-state index is -0.217. The van der Waals surface area contributed by atoms with E-state index in [2.05, 4.69) is 31.1 Å². The van der Waals surface area contributed by atoms with Gasteiger partial charge in [-0.25, -0.2) is 9.37 Å². The number of fused-ring (bicyclic) bond motifs is 1. The van der Waals surface area contributed by atoms with Crippen LogP contribution < -0.4 is 9.80 Å². The highest BCUT2D eigenvalue weighted by molar-refractivity contribution is 5.55. The summed E-state index contributed by atoms with van der Waals surface area (Å²) in [6.45, 7) is 3.43. The van der Waals surface area contributed by atoms with Crippen molar-refractivity contribution in [3.05, 3.63) is 76.4 Å². The first kappa shape index (κ1) is 19.4. The summed E-state index contributed by atoms with van der Waals surface area (Å²) in [4.78, 5) is 9.00. The highest BCUT2D eigenvalue weighted by atomic mass is 19.1. The Morgan fingerprint density at radius 3 is 2.35 bits per heavy atom. The van der Waals surface area contributed by atoms with Gasteiger partial charge in [-0.2, -0.15) is 10.4 Å². The molecule has 5 rings (SSSR count). The molecule has 3 heterocycles. The summed E-state index contributed by atoms with van der Waals surface area (Å²) in [6, 6.07) is 12.5. The summed E-state index contributed by atoms with van der Waals surface area (Å²) < 4.78 is 13.2. The van der Waals surface area contributed by atoms with E-state index in [0.29, 0.717) is 12.0 Å². The fraction of sp³-hybridized carbons (Fsp3) is 0.333. The molecule has 7 heteroatoms. The zero-order valence-electron chi connectivity index (χ0n) is 17.3. The Hall–Kier alpha value is -3.53. The van der Waals surface area contributed by atoms with Crippen LogP contribution in [0.4, 0.5) is 16.0 Å². The third-order valence-electron chi connectivity index (χ3n) is 6.17. The highest BCUT2D eigenvalue weighted by Crippen LogP contribution is 2.32. The van der Waals surface area contributed by atoms with Crippen molar-refractivity contribution >= 4 is 11.6 Å². The molecule has 1 fully saturated rings. The van der Waals surface area contributed by atoms with Gasteiger partial charge >= 0.3 is 0 Å². The molecule has 156 valence electrons. The number of pyridine rings is 1. The molecule has 0 saturated carbocycles. The third kappa shape index (κ3) is 3.93. The zero-order valence-corrected chi connectivity index (χ0v) is 17.3. The molecule has 0 atom stereocenters. The first-order chi connectivity index (χ1) is 15.2. The summed E-state index contributed by atoms with van der Waals surface area (Å²) in [5.74, 6) is 1.71. The summed E-state index contributed by atoms with van der Waals surface area (Å²) >= 11 is 0. The number of piperazine rings is 1. The zero-order chi connectivity index (χ0) is 21.2. The van der Waals surface area contributed by atoms with E-state index in [1.165, 1.54) is 23.3 Å². The van der Waals surface area contributed by atoms with Crippen LogP contribution in [0.2, 0.25) is 0 Å². The van der Waals surface area contributed by atoms with Crippen LogP contribution in [-0.4, -0.2) is 41.4 Å². The van der Waals surface area contributed by atoms with Gasteiger partial charge < -0.3 is 9.80 Å². The van der Waals surface area contributed by atoms with Gasteiger partial charge in [0.2, 0.25) is 0 Å². The Balaban J connectivity index is 1.31. The normalized spacial score (nSPS) is 15.6. The molecule has 0 N–H and O–H groups in total. The molecule has 1 aliphatic heterocycles. The van der Waals surface area contributed by atoms with E-state index >= 15 is 0 Å². The molecule has 0 spiro atoms. The second-order valence-electron chi connectivity index (χ2n) is 8.08. The van der Waals surface area contributed by atoms with Crippen LogP contribution in [0.3, 0.4) is 0 Å². The Bertz CT molecular complexity index is 1110. The minimum absolute atomic E-state index is 0.217. The van der Waals surface area contributed by atoms with E-state index in [1.54, 1.807) is 6.20 Å². The maximum atomic E-state index is 13.2. The van der Waals surface area contributed by atoms with E-state index < -0.39 is 0 Å². The third-order valence-corrected chi connectivity index (χ3v) is 6.17. The van der Waals surface area contributed by atoms with E-state index in [1.807, 2.05) is 24.3 Å². The molecule has 1 aromatic carbocycles. The topological polar surface area (TPSA) is 68.9 Å². The minimum Gasteiger partial charge on any atom is -0.353 e. The molecule has 31 heavy (non-hydrogen) atoms. The van der Waals surface area contributed by atoms with E-state index in [9.17, 15) is 4.39 Å². The lowest BCUT2D eigenvalue weighted by Gasteiger charge is -2.36. The maximum Gasteiger partial charge on any atom is 0.154 e. The highest BCUT2D eigenvalue weighted by Gasteiger charge is 2.27. The van der Waals surface area contributed by atoms with Crippen molar-refractivity contribution < 1.29 is 4.39 Å². The lowest BCUT2D eigenvalue weighted by Crippen LogP contribution is -2.47. The van der Waals surface area contributed by atoms with E-state index in [4.69, 9.17) is 5.26 Å². The van der Waals surface area contributed by atoms with Crippen molar-refractivity contribution in [2.24, 2.45) is 0 Å². The van der Waals surface area contributed by atoms with E-state index in [0.717, 1.165) is 68.3 Å². The van der Waals surface area contributed by atoms with Gasteiger partial charge in [0.1, 0.15) is 17.7 Å². The van der Waals surface area contributed by atoms with Crippen molar-refractivity contribution in [3.8, 4) is 6.07 Å². The molecule has 2 aliphatic rings. The van der Waals surface area contributed by atoms with Crippen molar-refractivity contribution in [1.82, 2.24) is 15.2 Å². The molecular weight excluding hydrogens is 391 g/mol. The lowest BCUT2D eigenvalue weighted by atomic mass is 10.0. The largest absolute Gasteiger partial charge is 0.353 e. The predicted octanol–water partition coefficient (Wildman–Crippen LogP) is 3.29. The molecule has 6 nitrogen and oxygen atoms in total. The van der Waals surface area contributed by atoms with Crippen LogP contribution in [0, 0.1) is 17.1 Å². The first-order valence-electron chi connectivity index (χ1n) is 10.7. The van der Waals surface area contributed by atoms with Gasteiger partial charge in [0.15, 0.2) is 5.82 Å².